The van der Waals surface area contributed by atoms with Crippen LogP contribution in [0.1, 0.15) is 22.8 Å². The van der Waals surface area contributed by atoms with Crippen molar-refractivity contribution in [3.8, 4) is 5.69 Å². The van der Waals surface area contributed by atoms with Crippen LogP contribution in [0.5, 0.6) is 0 Å². The number of aryl methyl sites for hydroxylation is 1. The van der Waals surface area contributed by atoms with Crippen LogP contribution in [0, 0.1) is 0 Å². The number of H-pyrrole nitrogens is 1. The third kappa shape index (κ3) is 3.99. The zero-order valence-corrected chi connectivity index (χ0v) is 17.8. The van der Waals surface area contributed by atoms with E-state index in [1.165, 1.54) is 22.4 Å². The fourth-order valence-electron chi connectivity index (χ4n) is 3.63. The molecule has 0 unspecified atom stereocenters. The number of fused-ring (bicyclic) bond motifs is 2. The quantitative estimate of drug-likeness (QED) is 0.497. The Hall–Kier alpha value is -3.37. The number of likely N-dealkylation sites (N-methyl/N-ethyl adjacent to an activating group) is 1. The standard InChI is InChI=1S/C21H21N7O2S/c1-27-10-9-15-16(12-27)31-21(23-15)26-18(29)8-7-17-24-19-14(20(30)25-17)11-22-28(19)13-5-3-2-4-6-13/h2-6,11H,7-10,12H2,1H3,(H,23,26,29)(H,24,25,30). The van der Waals surface area contributed by atoms with Gasteiger partial charge in [0.2, 0.25) is 5.91 Å². The number of aromatic amines is 1. The van der Waals surface area contributed by atoms with Gasteiger partial charge in [-0.1, -0.05) is 18.2 Å². The van der Waals surface area contributed by atoms with Gasteiger partial charge in [0.25, 0.3) is 5.56 Å². The van der Waals surface area contributed by atoms with E-state index in [0.717, 1.165) is 30.9 Å². The predicted octanol–water partition coefficient (Wildman–Crippen LogP) is 2.12. The molecule has 2 N–H and O–H groups in total. The number of rotatable bonds is 5. The van der Waals surface area contributed by atoms with Crippen molar-refractivity contribution in [3.63, 3.8) is 0 Å². The molecule has 1 amide bonds. The average Bonchev–Trinajstić information content (AvgIpc) is 3.36. The third-order valence-corrected chi connectivity index (χ3v) is 6.24. The first-order valence-electron chi connectivity index (χ1n) is 10.1. The van der Waals surface area contributed by atoms with Gasteiger partial charge < -0.3 is 15.2 Å². The number of carbonyl (C=O) groups is 1. The van der Waals surface area contributed by atoms with Gasteiger partial charge in [-0.3, -0.25) is 9.59 Å². The van der Waals surface area contributed by atoms with Crippen LogP contribution in [-0.2, 0) is 24.2 Å². The molecule has 5 rings (SSSR count). The second kappa shape index (κ2) is 8.05. The molecule has 0 atom stereocenters. The number of thiazole rings is 1. The number of nitrogens with zero attached hydrogens (tertiary/aromatic N) is 5. The zero-order chi connectivity index (χ0) is 21.4. The largest absolute Gasteiger partial charge is 0.310 e. The Balaban J connectivity index is 1.31. The lowest BCUT2D eigenvalue weighted by Crippen LogP contribution is -2.25. The minimum absolute atomic E-state index is 0.154. The highest BCUT2D eigenvalue weighted by atomic mass is 32.1. The average molecular weight is 436 g/mol. The number of carbonyl (C=O) groups excluding carboxylic acids is 1. The highest BCUT2D eigenvalue weighted by Crippen LogP contribution is 2.27. The maximum Gasteiger partial charge on any atom is 0.262 e. The summed E-state index contributed by atoms with van der Waals surface area (Å²) in [6, 6.07) is 9.50. The van der Waals surface area contributed by atoms with Crippen LogP contribution in [0.3, 0.4) is 0 Å². The summed E-state index contributed by atoms with van der Waals surface area (Å²) in [5, 5.41) is 8.22. The first-order chi connectivity index (χ1) is 15.1. The fraction of sp³-hybridized carbons (Fsp3) is 0.286. The Labute approximate surface area is 181 Å². The number of hydrogen-bond donors (Lipinski definition) is 2. The van der Waals surface area contributed by atoms with E-state index in [1.54, 1.807) is 4.68 Å². The van der Waals surface area contributed by atoms with E-state index in [9.17, 15) is 9.59 Å². The monoisotopic (exact) mass is 435 g/mol. The maximum absolute atomic E-state index is 12.5. The van der Waals surface area contributed by atoms with Gasteiger partial charge in [0.1, 0.15) is 11.2 Å². The van der Waals surface area contributed by atoms with Crippen LogP contribution < -0.4 is 10.9 Å². The minimum Gasteiger partial charge on any atom is -0.310 e. The molecule has 9 nitrogen and oxygen atoms in total. The second-order valence-corrected chi connectivity index (χ2v) is 8.65. The summed E-state index contributed by atoms with van der Waals surface area (Å²) in [6.07, 6.45) is 2.91. The Morgan fingerprint density at radius 1 is 1.26 bits per heavy atom. The van der Waals surface area contributed by atoms with E-state index < -0.39 is 0 Å². The molecule has 0 spiro atoms. The molecule has 3 aromatic heterocycles. The molecule has 0 saturated heterocycles. The van der Waals surface area contributed by atoms with Crippen molar-refractivity contribution in [1.82, 2.24) is 29.6 Å². The Kier molecular flexibility index (Phi) is 5.08. The van der Waals surface area contributed by atoms with Gasteiger partial charge in [-0.15, -0.1) is 11.3 Å². The minimum atomic E-state index is -0.265. The molecular formula is C21H21N7O2S. The molecule has 4 aromatic rings. The van der Waals surface area contributed by atoms with Crippen LogP contribution >= 0.6 is 11.3 Å². The van der Waals surface area contributed by atoms with E-state index in [-0.39, 0.29) is 17.9 Å². The van der Waals surface area contributed by atoms with Crippen molar-refractivity contribution in [2.75, 3.05) is 18.9 Å². The summed E-state index contributed by atoms with van der Waals surface area (Å²) < 4.78 is 1.63. The summed E-state index contributed by atoms with van der Waals surface area (Å²) >= 11 is 1.52. The summed E-state index contributed by atoms with van der Waals surface area (Å²) in [5.41, 5.74) is 2.10. The van der Waals surface area contributed by atoms with Crippen LogP contribution in [0.4, 0.5) is 5.13 Å². The van der Waals surface area contributed by atoms with Crippen molar-refractivity contribution in [1.29, 1.82) is 0 Å². The topological polar surface area (TPSA) is 109 Å². The van der Waals surface area contributed by atoms with Gasteiger partial charge in [-0.05, 0) is 19.2 Å². The number of benzene rings is 1. The molecule has 0 saturated carbocycles. The van der Waals surface area contributed by atoms with Crippen LogP contribution in [0.15, 0.2) is 41.3 Å². The highest BCUT2D eigenvalue weighted by molar-refractivity contribution is 7.15. The Morgan fingerprint density at radius 2 is 2.10 bits per heavy atom. The lowest BCUT2D eigenvalue weighted by Gasteiger charge is -2.20. The van der Waals surface area contributed by atoms with Crippen molar-refractivity contribution >= 4 is 33.4 Å². The van der Waals surface area contributed by atoms with E-state index in [0.29, 0.717) is 28.4 Å². The Bertz CT molecular complexity index is 1310. The molecular weight excluding hydrogens is 414 g/mol. The summed E-state index contributed by atoms with van der Waals surface area (Å²) in [7, 11) is 2.08. The molecule has 1 aromatic carbocycles. The maximum atomic E-state index is 12.5. The molecule has 4 heterocycles. The number of anilines is 1. The first-order valence-corrected chi connectivity index (χ1v) is 10.9. The Morgan fingerprint density at radius 3 is 2.94 bits per heavy atom. The van der Waals surface area contributed by atoms with E-state index in [4.69, 9.17) is 0 Å². The summed E-state index contributed by atoms with van der Waals surface area (Å²) in [6.45, 7) is 1.84. The van der Waals surface area contributed by atoms with Crippen molar-refractivity contribution < 1.29 is 4.79 Å². The smallest absolute Gasteiger partial charge is 0.262 e. The normalized spacial score (nSPS) is 14.0. The van der Waals surface area contributed by atoms with Gasteiger partial charge in [0.15, 0.2) is 10.8 Å². The van der Waals surface area contributed by atoms with E-state index in [1.807, 2.05) is 30.3 Å². The molecule has 0 aliphatic carbocycles. The van der Waals surface area contributed by atoms with Gasteiger partial charge in [0.05, 0.1) is 17.6 Å². The number of hydrogen-bond acceptors (Lipinski definition) is 7. The van der Waals surface area contributed by atoms with Gasteiger partial charge in [0, 0.05) is 37.2 Å². The van der Waals surface area contributed by atoms with Crippen LogP contribution in [0.2, 0.25) is 0 Å². The molecule has 31 heavy (non-hydrogen) atoms. The molecule has 1 aliphatic rings. The van der Waals surface area contributed by atoms with E-state index >= 15 is 0 Å². The molecule has 0 fully saturated rings. The number of nitrogens with one attached hydrogen (secondary N) is 2. The second-order valence-electron chi connectivity index (χ2n) is 7.57. The van der Waals surface area contributed by atoms with Crippen molar-refractivity contribution in [2.45, 2.75) is 25.8 Å². The number of aromatic nitrogens is 5. The molecule has 0 bridgehead atoms. The number of amides is 1. The third-order valence-electron chi connectivity index (χ3n) is 5.25. The van der Waals surface area contributed by atoms with Gasteiger partial charge >= 0.3 is 0 Å². The molecule has 158 valence electrons. The first kappa shape index (κ1) is 19.6. The molecule has 1 aliphatic heterocycles. The van der Waals surface area contributed by atoms with E-state index in [2.05, 4.69) is 37.3 Å². The lowest BCUT2D eigenvalue weighted by atomic mass is 10.2. The van der Waals surface area contributed by atoms with Crippen molar-refractivity contribution in [3.05, 3.63) is 63.3 Å². The van der Waals surface area contributed by atoms with Crippen LogP contribution in [0.25, 0.3) is 16.7 Å². The van der Waals surface area contributed by atoms with Crippen molar-refractivity contribution in [2.24, 2.45) is 0 Å². The van der Waals surface area contributed by atoms with Gasteiger partial charge in [-0.2, -0.15) is 5.10 Å². The fourth-order valence-corrected chi connectivity index (χ4v) is 4.74. The SMILES string of the molecule is CN1CCc2nc(NC(=O)CCc3nc4c(cnn4-c4ccccc4)c(=O)[nH]3)sc2C1. The molecule has 10 heteroatoms. The van der Waals surface area contributed by atoms with Crippen LogP contribution in [-0.4, -0.2) is 49.1 Å². The summed E-state index contributed by atoms with van der Waals surface area (Å²) in [5.74, 6) is 0.296. The van der Waals surface area contributed by atoms with Gasteiger partial charge in [-0.25, -0.2) is 14.6 Å². The molecule has 0 radical (unpaired) electrons. The predicted molar refractivity (Wildman–Crippen MR) is 119 cm³/mol. The zero-order valence-electron chi connectivity index (χ0n) is 17.0. The summed E-state index contributed by atoms with van der Waals surface area (Å²) in [4.78, 5) is 40.2. The highest BCUT2D eigenvalue weighted by Gasteiger charge is 2.19. The lowest BCUT2D eigenvalue weighted by molar-refractivity contribution is -0.116. The number of para-hydroxylation sites is 1.